The molecule has 0 fully saturated rings. The fourth-order valence-corrected chi connectivity index (χ4v) is 1.89. The highest BCUT2D eigenvalue weighted by Crippen LogP contribution is 2.21. The van der Waals surface area contributed by atoms with E-state index in [1.54, 1.807) is 0 Å². The van der Waals surface area contributed by atoms with Crippen molar-refractivity contribution in [2.75, 3.05) is 0 Å². The van der Waals surface area contributed by atoms with E-state index in [9.17, 15) is 18.0 Å². The van der Waals surface area contributed by atoms with Crippen molar-refractivity contribution in [1.82, 2.24) is 0 Å². The molecule has 0 bridgehead atoms. The van der Waals surface area contributed by atoms with Crippen LogP contribution in [0.4, 0.5) is 13.2 Å². The molecule has 0 amide bonds. The number of carbonyl (C=O) groups excluding carboxylic acids is 1. The smallest absolute Gasteiger partial charge is 0.196 e. The molecule has 2 rings (SSSR count). The van der Waals surface area contributed by atoms with Crippen molar-refractivity contribution in [1.29, 1.82) is 0 Å². The lowest BCUT2D eigenvalue weighted by molar-refractivity contribution is 0.103. The topological polar surface area (TPSA) is 17.1 Å². The number of hydrogen-bond donors (Lipinski definition) is 0. The maximum Gasteiger partial charge on any atom is 0.196 e. The molecule has 5 heteroatoms. The summed E-state index contributed by atoms with van der Waals surface area (Å²) in [6.45, 7) is 0. The Morgan fingerprint density at radius 1 is 1.00 bits per heavy atom. The van der Waals surface area contributed by atoms with Gasteiger partial charge in [-0.15, -0.1) is 0 Å². The van der Waals surface area contributed by atoms with E-state index in [1.165, 1.54) is 18.2 Å². The predicted octanol–water partition coefficient (Wildman–Crippen LogP) is 4.10. The molecule has 0 unspecified atom stereocenters. The van der Waals surface area contributed by atoms with Gasteiger partial charge in [-0.1, -0.05) is 6.07 Å². The van der Waals surface area contributed by atoms with Crippen LogP contribution in [-0.4, -0.2) is 5.78 Å². The monoisotopic (exact) mass is 314 g/mol. The number of hydrogen-bond acceptors (Lipinski definition) is 1. The zero-order chi connectivity index (χ0) is 13.3. The van der Waals surface area contributed by atoms with E-state index in [1.807, 2.05) is 0 Å². The zero-order valence-corrected chi connectivity index (χ0v) is 10.5. The van der Waals surface area contributed by atoms with Gasteiger partial charge >= 0.3 is 0 Å². The standard InChI is InChI=1S/C13H6BrF3O/c14-11-3-1-2-10(12(11)17)13(18)7-4-8(15)6-9(16)5-7/h1-6H. The first kappa shape index (κ1) is 12.8. The van der Waals surface area contributed by atoms with E-state index in [-0.39, 0.29) is 15.6 Å². The summed E-state index contributed by atoms with van der Waals surface area (Å²) in [5, 5.41) is 0. The molecule has 1 nitrogen and oxygen atoms in total. The van der Waals surface area contributed by atoms with Gasteiger partial charge in [-0.3, -0.25) is 4.79 Å². The van der Waals surface area contributed by atoms with Gasteiger partial charge in [-0.25, -0.2) is 13.2 Å². The SMILES string of the molecule is O=C(c1cc(F)cc(F)c1)c1cccc(Br)c1F. The number of rotatable bonds is 2. The van der Waals surface area contributed by atoms with Gasteiger partial charge in [-0.2, -0.15) is 0 Å². The molecule has 0 radical (unpaired) electrons. The first-order valence-corrected chi connectivity index (χ1v) is 5.73. The highest BCUT2D eigenvalue weighted by Gasteiger charge is 2.17. The van der Waals surface area contributed by atoms with Crippen LogP contribution in [0.2, 0.25) is 0 Å². The minimum Gasteiger partial charge on any atom is -0.288 e. The molecule has 2 aromatic carbocycles. The van der Waals surface area contributed by atoms with Gasteiger partial charge in [0.15, 0.2) is 5.78 Å². The van der Waals surface area contributed by atoms with E-state index >= 15 is 0 Å². The van der Waals surface area contributed by atoms with E-state index in [0.29, 0.717) is 6.07 Å². The average molecular weight is 315 g/mol. The Kier molecular flexibility index (Phi) is 3.52. The van der Waals surface area contributed by atoms with Crippen LogP contribution in [0.3, 0.4) is 0 Å². The van der Waals surface area contributed by atoms with E-state index < -0.39 is 23.2 Å². The average Bonchev–Trinajstić information content (AvgIpc) is 2.30. The van der Waals surface area contributed by atoms with Crippen LogP contribution in [0.5, 0.6) is 0 Å². The summed E-state index contributed by atoms with van der Waals surface area (Å²) in [4.78, 5) is 11.9. The Bertz CT molecular complexity index is 605. The summed E-state index contributed by atoms with van der Waals surface area (Å²) in [5.74, 6) is -3.29. The number of carbonyl (C=O) groups is 1. The molecule has 0 spiro atoms. The van der Waals surface area contributed by atoms with Crippen LogP contribution in [0.25, 0.3) is 0 Å². The quantitative estimate of drug-likeness (QED) is 0.763. The summed E-state index contributed by atoms with van der Waals surface area (Å²) in [6.07, 6.45) is 0. The van der Waals surface area contributed by atoms with E-state index in [2.05, 4.69) is 15.9 Å². The third-order valence-corrected chi connectivity index (χ3v) is 2.93. The minimum atomic E-state index is -0.881. The van der Waals surface area contributed by atoms with Gasteiger partial charge in [0, 0.05) is 11.6 Å². The van der Waals surface area contributed by atoms with Crippen molar-refractivity contribution in [2.45, 2.75) is 0 Å². The first-order chi connectivity index (χ1) is 8.49. The van der Waals surface area contributed by atoms with Crippen LogP contribution < -0.4 is 0 Å². The molecular formula is C13H6BrF3O. The van der Waals surface area contributed by atoms with Crippen LogP contribution in [0.15, 0.2) is 40.9 Å². The molecule has 0 saturated heterocycles. The van der Waals surface area contributed by atoms with Crippen LogP contribution >= 0.6 is 15.9 Å². The summed E-state index contributed by atoms with van der Waals surface area (Å²) < 4.78 is 39.8. The highest BCUT2D eigenvalue weighted by atomic mass is 79.9. The second kappa shape index (κ2) is 4.94. The largest absolute Gasteiger partial charge is 0.288 e. The molecule has 92 valence electrons. The lowest BCUT2D eigenvalue weighted by Gasteiger charge is -2.04. The first-order valence-electron chi connectivity index (χ1n) is 4.94. The van der Waals surface area contributed by atoms with Crippen LogP contribution in [-0.2, 0) is 0 Å². The molecule has 0 aliphatic heterocycles. The van der Waals surface area contributed by atoms with Crippen molar-refractivity contribution in [3.8, 4) is 0 Å². The van der Waals surface area contributed by atoms with Gasteiger partial charge in [-0.05, 0) is 40.2 Å². The maximum absolute atomic E-state index is 13.7. The molecule has 0 aromatic heterocycles. The lowest BCUT2D eigenvalue weighted by Crippen LogP contribution is -2.05. The van der Waals surface area contributed by atoms with Crippen molar-refractivity contribution >= 4 is 21.7 Å². The third kappa shape index (κ3) is 2.46. The molecule has 0 aliphatic rings. The maximum atomic E-state index is 13.7. The summed E-state index contributed by atoms with van der Waals surface area (Å²) >= 11 is 2.94. The Hall–Kier alpha value is -1.62. The van der Waals surface area contributed by atoms with Crippen molar-refractivity contribution in [2.24, 2.45) is 0 Å². The second-order valence-corrected chi connectivity index (χ2v) is 4.44. The fraction of sp³-hybridized carbons (Fsp3) is 0. The van der Waals surface area contributed by atoms with Crippen LogP contribution in [0.1, 0.15) is 15.9 Å². The highest BCUT2D eigenvalue weighted by molar-refractivity contribution is 9.10. The second-order valence-electron chi connectivity index (χ2n) is 3.59. The van der Waals surface area contributed by atoms with Crippen LogP contribution in [0, 0.1) is 17.5 Å². The zero-order valence-electron chi connectivity index (χ0n) is 8.88. The third-order valence-electron chi connectivity index (χ3n) is 2.32. The minimum absolute atomic E-state index is 0.116. The summed E-state index contributed by atoms with van der Waals surface area (Å²) in [6, 6.07) is 6.53. The van der Waals surface area contributed by atoms with Crippen molar-refractivity contribution < 1.29 is 18.0 Å². The molecule has 0 atom stereocenters. The predicted molar refractivity (Wildman–Crippen MR) is 63.9 cm³/mol. The van der Waals surface area contributed by atoms with Gasteiger partial charge < -0.3 is 0 Å². The molecule has 0 aliphatic carbocycles. The van der Waals surface area contributed by atoms with Crippen molar-refractivity contribution in [3.05, 3.63) is 69.4 Å². The summed E-state index contributed by atoms with van der Waals surface area (Å²) in [7, 11) is 0. The lowest BCUT2D eigenvalue weighted by atomic mass is 10.0. The Labute approximate surface area is 109 Å². The Balaban J connectivity index is 2.51. The van der Waals surface area contributed by atoms with Gasteiger partial charge in [0.25, 0.3) is 0 Å². The van der Waals surface area contributed by atoms with Gasteiger partial charge in [0.05, 0.1) is 10.0 Å². The Morgan fingerprint density at radius 3 is 2.22 bits per heavy atom. The number of benzene rings is 2. The Morgan fingerprint density at radius 2 is 1.61 bits per heavy atom. The van der Waals surface area contributed by atoms with E-state index in [0.717, 1.165) is 12.1 Å². The van der Waals surface area contributed by atoms with E-state index in [4.69, 9.17) is 0 Å². The summed E-state index contributed by atoms with van der Waals surface area (Å²) in [5.41, 5.74) is -0.473. The molecule has 0 N–H and O–H groups in total. The van der Waals surface area contributed by atoms with Crippen molar-refractivity contribution in [3.63, 3.8) is 0 Å². The normalized spacial score (nSPS) is 10.4. The number of halogens is 4. The number of ketones is 1. The molecule has 18 heavy (non-hydrogen) atoms. The molecular weight excluding hydrogens is 309 g/mol. The molecule has 2 aromatic rings. The molecule has 0 heterocycles. The van der Waals surface area contributed by atoms with Gasteiger partial charge in [0.2, 0.25) is 0 Å². The fourth-order valence-electron chi connectivity index (χ4n) is 1.52. The van der Waals surface area contributed by atoms with Gasteiger partial charge in [0.1, 0.15) is 17.5 Å². The molecule has 0 saturated carbocycles.